The lowest BCUT2D eigenvalue weighted by atomic mass is 9.77. The predicted molar refractivity (Wildman–Crippen MR) is 134 cm³/mol. The van der Waals surface area contributed by atoms with Crippen molar-refractivity contribution in [1.29, 1.82) is 0 Å². The zero-order valence-corrected chi connectivity index (χ0v) is 21.1. The second-order valence-electron chi connectivity index (χ2n) is 9.82. The molecule has 0 aliphatic carbocycles. The predicted octanol–water partition coefficient (Wildman–Crippen LogP) is 3.62. The second kappa shape index (κ2) is 11.7. The number of halogens is 1. The maximum absolute atomic E-state index is 13.4. The first-order chi connectivity index (χ1) is 17.4. The van der Waals surface area contributed by atoms with Gasteiger partial charge in [0.15, 0.2) is 0 Å². The summed E-state index contributed by atoms with van der Waals surface area (Å²) in [5.41, 5.74) is 1.38. The Balaban J connectivity index is 1.51. The molecule has 0 bridgehead atoms. The molecule has 2 heterocycles. The van der Waals surface area contributed by atoms with E-state index in [0.29, 0.717) is 50.9 Å². The quantitative estimate of drug-likeness (QED) is 0.556. The molecular formula is C28H35FN2O5. The molecule has 0 aromatic heterocycles. The smallest absolute Gasteiger partial charge is 0.227 e. The fourth-order valence-corrected chi connectivity index (χ4v) is 5.07. The SMILES string of the molecule is COc1ccc(C)cc1CC(=O)N1CCCC(COc2ccc(F)cc2)(CC(=O)N2CCOCC2)C1. The minimum Gasteiger partial charge on any atom is -0.496 e. The molecule has 2 aliphatic rings. The zero-order chi connectivity index (χ0) is 25.5. The van der Waals surface area contributed by atoms with Crippen molar-refractivity contribution >= 4 is 11.8 Å². The zero-order valence-electron chi connectivity index (χ0n) is 21.1. The number of morpholine rings is 1. The van der Waals surface area contributed by atoms with Crippen LogP contribution in [0.4, 0.5) is 4.39 Å². The lowest BCUT2D eigenvalue weighted by molar-refractivity contribution is -0.143. The van der Waals surface area contributed by atoms with Gasteiger partial charge in [0.1, 0.15) is 17.3 Å². The van der Waals surface area contributed by atoms with Gasteiger partial charge in [-0.1, -0.05) is 17.7 Å². The Morgan fingerprint density at radius 2 is 1.78 bits per heavy atom. The Kier molecular flexibility index (Phi) is 8.46. The number of amides is 2. The van der Waals surface area contributed by atoms with Crippen LogP contribution in [0.5, 0.6) is 11.5 Å². The molecule has 8 heteroatoms. The highest BCUT2D eigenvalue weighted by Gasteiger charge is 2.41. The first-order valence-corrected chi connectivity index (χ1v) is 12.5. The van der Waals surface area contributed by atoms with Gasteiger partial charge in [-0.3, -0.25) is 9.59 Å². The molecule has 0 saturated carbocycles. The van der Waals surface area contributed by atoms with E-state index >= 15 is 0 Å². The van der Waals surface area contributed by atoms with Crippen molar-refractivity contribution in [3.63, 3.8) is 0 Å². The van der Waals surface area contributed by atoms with Crippen molar-refractivity contribution < 1.29 is 28.2 Å². The first kappa shape index (κ1) is 25.9. The number of aryl methyl sites for hydroxylation is 1. The normalized spacial score (nSPS) is 20.2. The average molecular weight is 499 g/mol. The van der Waals surface area contributed by atoms with E-state index in [9.17, 15) is 14.0 Å². The highest BCUT2D eigenvalue weighted by Crippen LogP contribution is 2.36. The second-order valence-corrected chi connectivity index (χ2v) is 9.82. The van der Waals surface area contributed by atoms with Gasteiger partial charge in [0, 0.05) is 43.6 Å². The summed E-state index contributed by atoms with van der Waals surface area (Å²) < 4.78 is 30.3. The number of benzene rings is 2. The monoisotopic (exact) mass is 498 g/mol. The number of carbonyl (C=O) groups is 2. The molecule has 1 unspecified atom stereocenters. The lowest BCUT2D eigenvalue weighted by Gasteiger charge is -2.43. The summed E-state index contributed by atoms with van der Waals surface area (Å²) in [6.45, 7) is 5.54. The Labute approximate surface area is 212 Å². The van der Waals surface area contributed by atoms with Crippen molar-refractivity contribution in [2.24, 2.45) is 5.41 Å². The Hall–Kier alpha value is -3.13. The van der Waals surface area contributed by atoms with Gasteiger partial charge in [0.05, 0.1) is 33.4 Å². The van der Waals surface area contributed by atoms with Crippen LogP contribution < -0.4 is 9.47 Å². The van der Waals surface area contributed by atoms with Crippen molar-refractivity contribution in [1.82, 2.24) is 9.80 Å². The van der Waals surface area contributed by atoms with Crippen molar-refractivity contribution in [2.45, 2.75) is 32.6 Å². The van der Waals surface area contributed by atoms with Crippen molar-refractivity contribution in [3.8, 4) is 11.5 Å². The molecule has 0 N–H and O–H groups in total. The maximum atomic E-state index is 13.4. The standard InChI is InChI=1S/C28H35FN2O5/c1-21-4-9-25(34-2)22(16-21)17-26(32)31-11-3-10-28(19-31,18-27(33)30-12-14-35-15-13-30)20-36-24-7-5-23(29)6-8-24/h4-9,16H,3,10-15,17-20H2,1-2H3. The Morgan fingerprint density at radius 3 is 2.50 bits per heavy atom. The van der Waals surface area contributed by atoms with E-state index in [1.807, 2.05) is 34.9 Å². The molecular weight excluding hydrogens is 463 g/mol. The van der Waals surface area contributed by atoms with Gasteiger partial charge in [-0.05, 0) is 50.1 Å². The van der Waals surface area contributed by atoms with E-state index < -0.39 is 5.41 Å². The Morgan fingerprint density at radius 1 is 1.03 bits per heavy atom. The van der Waals surface area contributed by atoms with E-state index in [1.54, 1.807) is 19.2 Å². The summed E-state index contributed by atoms with van der Waals surface area (Å²) in [5.74, 6) is 0.960. The molecule has 2 fully saturated rings. The summed E-state index contributed by atoms with van der Waals surface area (Å²) in [5, 5.41) is 0. The molecule has 2 aromatic rings. The highest BCUT2D eigenvalue weighted by molar-refractivity contribution is 5.80. The highest BCUT2D eigenvalue weighted by atomic mass is 19.1. The largest absolute Gasteiger partial charge is 0.496 e. The number of nitrogens with zero attached hydrogens (tertiary/aromatic N) is 2. The van der Waals surface area contributed by atoms with E-state index in [-0.39, 0.29) is 37.1 Å². The number of methoxy groups -OCH3 is 1. The molecule has 0 radical (unpaired) electrons. The summed E-state index contributed by atoms with van der Waals surface area (Å²) in [6, 6.07) is 11.7. The molecule has 0 spiro atoms. The van der Waals surface area contributed by atoms with Crippen LogP contribution in [0.2, 0.25) is 0 Å². The van der Waals surface area contributed by atoms with Gasteiger partial charge in [0.25, 0.3) is 0 Å². The van der Waals surface area contributed by atoms with Crippen LogP contribution in [0.1, 0.15) is 30.4 Å². The summed E-state index contributed by atoms with van der Waals surface area (Å²) >= 11 is 0. The molecule has 194 valence electrons. The Bertz CT molecular complexity index is 1050. The lowest BCUT2D eigenvalue weighted by Crippen LogP contribution is -2.52. The van der Waals surface area contributed by atoms with Gasteiger partial charge in [-0.2, -0.15) is 0 Å². The van der Waals surface area contributed by atoms with E-state index in [1.165, 1.54) is 12.1 Å². The first-order valence-electron chi connectivity index (χ1n) is 12.5. The minimum atomic E-state index is -0.533. The minimum absolute atomic E-state index is 0.00331. The molecule has 4 rings (SSSR count). The number of ether oxygens (including phenoxy) is 3. The van der Waals surface area contributed by atoms with Gasteiger partial charge in [0.2, 0.25) is 11.8 Å². The number of likely N-dealkylation sites (tertiary alicyclic amines) is 1. The molecule has 7 nitrogen and oxygen atoms in total. The van der Waals surface area contributed by atoms with E-state index in [2.05, 4.69) is 0 Å². The number of hydrogen-bond acceptors (Lipinski definition) is 5. The van der Waals surface area contributed by atoms with Crippen LogP contribution in [0.15, 0.2) is 42.5 Å². The van der Waals surface area contributed by atoms with Crippen LogP contribution in [0, 0.1) is 18.2 Å². The summed E-state index contributed by atoms with van der Waals surface area (Å²) in [4.78, 5) is 30.4. The van der Waals surface area contributed by atoms with Crippen molar-refractivity contribution in [2.75, 3.05) is 53.1 Å². The molecule has 2 saturated heterocycles. The van der Waals surface area contributed by atoms with Gasteiger partial charge in [-0.15, -0.1) is 0 Å². The van der Waals surface area contributed by atoms with E-state index in [4.69, 9.17) is 14.2 Å². The van der Waals surface area contributed by atoms with Gasteiger partial charge < -0.3 is 24.0 Å². The third-order valence-electron chi connectivity index (χ3n) is 7.04. The maximum Gasteiger partial charge on any atom is 0.227 e. The fourth-order valence-electron chi connectivity index (χ4n) is 5.07. The van der Waals surface area contributed by atoms with Crippen LogP contribution in [-0.4, -0.2) is 74.7 Å². The number of hydrogen-bond donors (Lipinski definition) is 0. The topological polar surface area (TPSA) is 68.3 Å². The third kappa shape index (κ3) is 6.55. The van der Waals surface area contributed by atoms with Crippen LogP contribution in [0.3, 0.4) is 0 Å². The molecule has 36 heavy (non-hydrogen) atoms. The third-order valence-corrected chi connectivity index (χ3v) is 7.04. The van der Waals surface area contributed by atoms with Crippen LogP contribution in [0.25, 0.3) is 0 Å². The van der Waals surface area contributed by atoms with Gasteiger partial charge >= 0.3 is 0 Å². The molecule has 1 atom stereocenters. The van der Waals surface area contributed by atoms with Gasteiger partial charge in [-0.25, -0.2) is 4.39 Å². The fraction of sp³-hybridized carbons (Fsp3) is 0.500. The molecule has 2 aromatic carbocycles. The summed E-state index contributed by atoms with van der Waals surface area (Å²) in [6.07, 6.45) is 2.06. The van der Waals surface area contributed by atoms with Crippen molar-refractivity contribution in [3.05, 3.63) is 59.4 Å². The van der Waals surface area contributed by atoms with E-state index in [0.717, 1.165) is 24.0 Å². The number of carbonyl (C=O) groups excluding carboxylic acids is 2. The molecule has 2 amide bonds. The van der Waals surface area contributed by atoms with Crippen LogP contribution in [-0.2, 0) is 20.7 Å². The average Bonchev–Trinajstić information content (AvgIpc) is 2.89. The summed E-state index contributed by atoms with van der Waals surface area (Å²) in [7, 11) is 1.61. The molecule has 2 aliphatic heterocycles. The number of rotatable bonds is 8. The number of piperidine rings is 1. The van der Waals surface area contributed by atoms with Crippen LogP contribution >= 0.6 is 0 Å².